The summed E-state index contributed by atoms with van der Waals surface area (Å²) in [7, 11) is 4.48. The van der Waals surface area contributed by atoms with E-state index in [4.69, 9.17) is 0 Å². The second-order valence-corrected chi connectivity index (χ2v) is 7.61. The minimum absolute atomic E-state index is 1.07. The molecular weight excluding hydrogens is 331 g/mol. The van der Waals surface area contributed by atoms with Gasteiger partial charge in [-0.1, -0.05) is 0 Å². The first kappa shape index (κ1) is 18.7. The summed E-state index contributed by atoms with van der Waals surface area (Å²) in [6.07, 6.45) is 0. The summed E-state index contributed by atoms with van der Waals surface area (Å²) in [6, 6.07) is 15.5. The molecule has 0 nitrogen and oxygen atoms in total. The molecule has 0 aromatic heterocycles. The molecule has 0 atom stereocenters. The summed E-state index contributed by atoms with van der Waals surface area (Å²) in [5.74, 6) is 0. The zero-order valence-corrected chi connectivity index (χ0v) is 17.4. The number of rotatable bonds is 2. The molecule has 0 aliphatic heterocycles. The van der Waals surface area contributed by atoms with Crippen LogP contribution in [0, 0.1) is 47.2 Å². The van der Waals surface area contributed by atoms with Crippen LogP contribution in [0.4, 0.5) is 0 Å². The number of aryl methyl sites for hydroxylation is 6. The standard InChI is InChI=1S/C25H25P/c1-15-10-17(3)24(18(4)11-15)21-8-7-9-22(23(21)14-26)25-19(5)12-16(2)13-20(25)6/h7-13H,1-6H3. The van der Waals surface area contributed by atoms with E-state index in [1.807, 2.05) is 0 Å². The van der Waals surface area contributed by atoms with Gasteiger partial charge in [0, 0.05) is 0 Å². The zero-order valence-electron chi connectivity index (χ0n) is 16.5. The summed E-state index contributed by atoms with van der Waals surface area (Å²) >= 11 is 0. The van der Waals surface area contributed by atoms with E-state index in [9.17, 15) is 0 Å². The summed E-state index contributed by atoms with van der Waals surface area (Å²) in [4.78, 5) is 0. The molecule has 0 heterocycles. The van der Waals surface area contributed by atoms with E-state index in [1.54, 1.807) is 0 Å². The fraction of sp³-hybridized carbons (Fsp3) is 0.240. The summed E-state index contributed by atoms with van der Waals surface area (Å²) in [6.45, 7) is 13.0. The maximum absolute atomic E-state index is 4.48. The van der Waals surface area contributed by atoms with Gasteiger partial charge in [-0.3, -0.25) is 0 Å². The van der Waals surface area contributed by atoms with E-state index in [2.05, 4.69) is 98.3 Å². The van der Waals surface area contributed by atoms with E-state index >= 15 is 0 Å². The second kappa shape index (κ2) is 7.24. The van der Waals surface area contributed by atoms with Crippen LogP contribution in [0.1, 0.15) is 38.9 Å². The molecule has 0 unspecified atom stereocenters. The Bertz CT molecular complexity index is 926. The fourth-order valence-electron chi connectivity index (χ4n) is 4.30. The Morgan fingerprint density at radius 1 is 0.615 bits per heavy atom. The zero-order chi connectivity index (χ0) is 19.0. The molecule has 0 saturated carbocycles. The average Bonchev–Trinajstić information content (AvgIpc) is 2.53. The van der Waals surface area contributed by atoms with Crippen LogP contribution in [0.15, 0.2) is 42.5 Å². The molecule has 0 bridgehead atoms. The topological polar surface area (TPSA) is 0 Å². The normalized spacial score (nSPS) is 10.7. The van der Waals surface area contributed by atoms with Crippen LogP contribution in [0.25, 0.3) is 22.3 Å². The van der Waals surface area contributed by atoms with Crippen LogP contribution in [-0.4, -0.2) is 0 Å². The summed E-state index contributed by atoms with van der Waals surface area (Å²) in [5, 5.41) is 0. The Morgan fingerprint density at radius 2 is 0.962 bits per heavy atom. The van der Waals surface area contributed by atoms with Crippen LogP contribution in [-0.2, 0) is 0 Å². The van der Waals surface area contributed by atoms with Crippen molar-refractivity contribution < 1.29 is 0 Å². The summed E-state index contributed by atoms with van der Waals surface area (Å²) < 4.78 is 0. The second-order valence-electron chi connectivity index (χ2n) is 7.39. The van der Waals surface area contributed by atoms with Gasteiger partial charge in [0.15, 0.2) is 0 Å². The number of hydrogen-bond acceptors (Lipinski definition) is 0. The minimum atomic E-state index is 1.07. The van der Waals surface area contributed by atoms with Gasteiger partial charge in [-0.2, -0.15) is 0 Å². The third-order valence-corrected chi connectivity index (χ3v) is 5.29. The monoisotopic (exact) mass is 356 g/mol. The first-order chi connectivity index (χ1) is 12.3. The van der Waals surface area contributed by atoms with Gasteiger partial charge < -0.3 is 0 Å². The predicted octanol–water partition coefficient (Wildman–Crippen LogP) is 7.59. The molecule has 130 valence electrons. The third kappa shape index (κ3) is 3.28. The van der Waals surface area contributed by atoms with Crippen molar-refractivity contribution in [1.82, 2.24) is 0 Å². The van der Waals surface area contributed by atoms with Crippen LogP contribution in [0.5, 0.6) is 0 Å². The molecule has 0 aliphatic carbocycles. The molecule has 3 rings (SSSR count). The third-order valence-electron chi connectivity index (χ3n) is 5.07. The Hall–Kier alpha value is -2.13. The van der Waals surface area contributed by atoms with E-state index in [-0.39, 0.29) is 0 Å². The molecule has 3 aromatic carbocycles. The Labute approximate surface area is 159 Å². The van der Waals surface area contributed by atoms with E-state index < -0.39 is 0 Å². The molecule has 0 amide bonds. The predicted molar refractivity (Wildman–Crippen MR) is 116 cm³/mol. The number of hydrogen-bond donors (Lipinski definition) is 0. The molecule has 0 spiro atoms. The van der Waals surface area contributed by atoms with Crippen molar-refractivity contribution in [3.8, 4) is 27.9 Å². The Kier molecular flexibility index (Phi) is 5.19. The first-order valence-corrected chi connectivity index (χ1v) is 9.47. The van der Waals surface area contributed by atoms with E-state index in [1.165, 1.54) is 55.6 Å². The molecule has 0 aliphatic rings. The van der Waals surface area contributed by atoms with Crippen molar-refractivity contribution in [3.05, 3.63) is 81.4 Å². The maximum atomic E-state index is 4.48. The molecule has 0 fully saturated rings. The van der Waals surface area contributed by atoms with E-state index in [0.717, 1.165) is 5.56 Å². The van der Waals surface area contributed by atoms with Crippen LogP contribution in [0.2, 0.25) is 0 Å². The Morgan fingerprint density at radius 3 is 1.27 bits per heavy atom. The molecule has 1 heteroatoms. The quantitative estimate of drug-likeness (QED) is 0.415. The average molecular weight is 356 g/mol. The molecule has 0 N–H and O–H groups in total. The summed E-state index contributed by atoms with van der Waals surface area (Å²) in [5.41, 5.74) is 17.0. The van der Waals surface area contributed by atoms with Crippen molar-refractivity contribution >= 4 is 8.70 Å². The van der Waals surface area contributed by atoms with Crippen molar-refractivity contribution in [2.45, 2.75) is 41.5 Å². The van der Waals surface area contributed by atoms with Gasteiger partial charge >= 0.3 is 160 Å². The fourth-order valence-corrected chi connectivity index (χ4v) is 4.54. The van der Waals surface area contributed by atoms with E-state index in [0.29, 0.717) is 0 Å². The van der Waals surface area contributed by atoms with Crippen molar-refractivity contribution in [1.29, 1.82) is 0 Å². The first-order valence-electron chi connectivity index (χ1n) is 9.03. The van der Waals surface area contributed by atoms with Gasteiger partial charge in [0.05, 0.1) is 0 Å². The van der Waals surface area contributed by atoms with Gasteiger partial charge in [-0.05, 0) is 0 Å². The van der Waals surface area contributed by atoms with Crippen LogP contribution < -0.4 is 0 Å². The molecular formula is C25H25P. The molecule has 0 saturated heterocycles. The number of benzene rings is 3. The van der Waals surface area contributed by atoms with Gasteiger partial charge in [0.1, 0.15) is 0 Å². The SMILES string of the molecule is Cc1cc(C)c(-c2cccc(-c3c(C)cc(C)cc3C)c2C#P)c(C)c1. The molecule has 0 radical (unpaired) electrons. The van der Waals surface area contributed by atoms with Crippen LogP contribution in [0.3, 0.4) is 0 Å². The molecule has 3 aromatic rings. The van der Waals surface area contributed by atoms with Gasteiger partial charge in [-0.15, -0.1) is 0 Å². The van der Waals surface area contributed by atoms with Crippen molar-refractivity contribution in [2.75, 3.05) is 0 Å². The van der Waals surface area contributed by atoms with Crippen LogP contribution >= 0.6 is 8.70 Å². The van der Waals surface area contributed by atoms with Crippen molar-refractivity contribution in [3.63, 3.8) is 0 Å². The van der Waals surface area contributed by atoms with Gasteiger partial charge in [-0.25, -0.2) is 0 Å². The Balaban J connectivity index is 2.35. The molecule has 26 heavy (non-hydrogen) atoms. The van der Waals surface area contributed by atoms with Crippen molar-refractivity contribution in [2.24, 2.45) is 0 Å². The van der Waals surface area contributed by atoms with Gasteiger partial charge in [0.25, 0.3) is 0 Å². The van der Waals surface area contributed by atoms with Gasteiger partial charge in [0.2, 0.25) is 0 Å².